The summed E-state index contributed by atoms with van der Waals surface area (Å²) in [5.74, 6) is 0.404. The van der Waals surface area contributed by atoms with Gasteiger partial charge in [-0.3, -0.25) is 0 Å². The summed E-state index contributed by atoms with van der Waals surface area (Å²) < 4.78 is 50.1. The van der Waals surface area contributed by atoms with Gasteiger partial charge in [0.15, 0.2) is 11.6 Å². The van der Waals surface area contributed by atoms with Crippen molar-refractivity contribution in [1.29, 1.82) is 0 Å². The largest absolute Gasteiger partial charge is 0.494 e. The quantitative estimate of drug-likeness (QED) is 0.272. The molecule has 2 aromatic rings. The van der Waals surface area contributed by atoms with Gasteiger partial charge in [-0.2, -0.15) is 0 Å². The van der Waals surface area contributed by atoms with Gasteiger partial charge in [0.1, 0.15) is 11.6 Å². The number of hydrogen-bond acceptors (Lipinski definition) is 1. The molecule has 4 rings (SSSR count). The summed E-state index contributed by atoms with van der Waals surface area (Å²) in [6, 6.07) is 8.79. The van der Waals surface area contributed by atoms with Crippen LogP contribution in [0.1, 0.15) is 114 Å². The second-order valence-electron chi connectivity index (χ2n) is 11.1. The molecule has 0 bridgehead atoms. The standard InChI is InChI=1S/C33H43F3O/c1-3-5-6-7-23-8-15-26(16-9-23)30-20-18-27(32(35)33(30)36)17-12-24-10-13-25(14-11-24)29-21-19-28(37-4-2)22-31(29)34/h15,18-25H,3-14,16-17H2,1-2H3. The van der Waals surface area contributed by atoms with Crippen LogP contribution in [0.4, 0.5) is 13.2 Å². The van der Waals surface area contributed by atoms with Gasteiger partial charge < -0.3 is 4.74 Å². The average molecular weight is 513 g/mol. The lowest BCUT2D eigenvalue weighted by molar-refractivity contribution is 0.304. The summed E-state index contributed by atoms with van der Waals surface area (Å²) in [4.78, 5) is 0. The highest BCUT2D eigenvalue weighted by Gasteiger charge is 2.26. The zero-order valence-corrected chi connectivity index (χ0v) is 22.6. The van der Waals surface area contributed by atoms with E-state index in [9.17, 15) is 4.39 Å². The Morgan fingerprint density at radius 2 is 1.65 bits per heavy atom. The maximum Gasteiger partial charge on any atom is 0.166 e. The van der Waals surface area contributed by atoms with Crippen molar-refractivity contribution in [2.24, 2.45) is 11.8 Å². The summed E-state index contributed by atoms with van der Waals surface area (Å²) in [5, 5.41) is 0. The van der Waals surface area contributed by atoms with E-state index < -0.39 is 11.6 Å². The van der Waals surface area contributed by atoms with Crippen LogP contribution in [0.25, 0.3) is 5.57 Å². The van der Waals surface area contributed by atoms with E-state index in [-0.39, 0.29) is 11.7 Å². The van der Waals surface area contributed by atoms with Crippen LogP contribution in [0.3, 0.4) is 0 Å². The molecule has 1 saturated carbocycles. The van der Waals surface area contributed by atoms with Gasteiger partial charge in [0, 0.05) is 11.6 Å². The van der Waals surface area contributed by atoms with Crippen LogP contribution in [0.2, 0.25) is 0 Å². The molecule has 0 amide bonds. The van der Waals surface area contributed by atoms with E-state index in [0.717, 1.165) is 62.5 Å². The molecule has 0 aromatic heterocycles. The van der Waals surface area contributed by atoms with Crippen LogP contribution in [0.5, 0.6) is 5.75 Å². The first-order chi connectivity index (χ1) is 18.0. The fourth-order valence-electron chi connectivity index (χ4n) is 6.33. The van der Waals surface area contributed by atoms with Crippen molar-refractivity contribution in [1.82, 2.24) is 0 Å². The monoisotopic (exact) mass is 512 g/mol. The van der Waals surface area contributed by atoms with Gasteiger partial charge in [-0.25, -0.2) is 13.2 Å². The Morgan fingerprint density at radius 3 is 2.32 bits per heavy atom. The van der Waals surface area contributed by atoms with E-state index >= 15 is 8.78 Å². The van der Waals surface area contributed by atoms with E-state index in [0.29, 0.717) is 41.7 Å². The SMILES string of the molecule is CCCCCC1CC=C(c2ccc(CCC3CCC(c4ccc(OCC)cc4F)CC3)c(F)c2F)CC1. The summed E-state index contributed by atoms with van der Waals surface area (Å²) in [6.45, 7) is 4.63. The van der Waals surface area contributed by atoms with Crippen LogP contribution >= 0.6 is 0 Å². The van der Waals surface area contributed by atoms with Crippen LogP contribution in [0.15, 0.2) is 36.4 Å². The number of allylic oxidation sites excluding steroid dienone is 2. The van der Waals surface area contributed by atoms with E-state index in [1.807, 2.05) is 19.1 Å². The third-order valence-corrected chi connectivity index (χ3v) is 8.64. The lowest BCUT2D eigenvalue weighted by atomic mass is 9.76. The Labute approximate surface area is 221 Å². The highest BCUT2D eigenvalue weighted by molar-refractivity contribution is 5.67. The third-order valence-electron chi connectivity index (χ3n) is 8.64. The molecule has 2 aliphatic carbocycles. The molecule has 0 spiro atoms. The highest BCUT2D eigenvalue weighted by atomic mass is 19.2. The number of aryl methyl sites for hydroxylation is 1. The Morgan fingerprint density at radius 1 is 0.838 bits per heavy atom. The van der Waals surface area contributed by atoms with Crippen molar-refractivity contribution in [3.8, 4) is 5.75 Å². The summed E-state index contributed by atoms with van der Waals surface area (Å²) in [7, 11) is 0. The minimum atomic E-state index is -0.678. The van der Waals surface area contributed by atoms with Crippen molar-refractivity contribution < 1.29 is 17.9 Å². The Balaban J connectivity index is 1.28. The molecule has 0 aliphatic heterocycles. The lowest BCUT2D eigenvalue weighted by Gasteiger charge is -2.29. The molecule has 1 fully saturated rings. The average Bonchev–Trinajstić information content (AvgIpc) is 2.91. The Bertz CT molecular complexity index is 1050. The fourth-order valence-corrected chi connectivity index (χ4v) is 6.33. The van der Waals surface area contributed by atoms with Crippen LogP contribution in [-0.2, 0) is 6.42 Å². The summed E-state index contributed by atoms with van der Waals surface area (Å²) >= 11 is 0. The highest BCUT2D eigenvalue weighted by Crippen LogP contribution is 2.40. The molecule has 1 unspecified atom stereocenters. The number of hydrogen-bond donors (Lipinski definition) is 0. The predicted molar refractivity (Wildman–Crippen MR) is 146 cm³/mol. The fraction of sp³-hybridized carbons (Fsp3) is 0.576. The van der Waals surface area contributed by atoms with Gasteiger partial charge in [-0.05, 0) is 105 Å². The van der Waals surface area contributed by atoms with Crippen molar-refractivity contribution >= 4 is 5.57 Å². The molecular formula is C33H43F3O. The lowest BCUT2D eigenvalue weighted by Crippen LogP contribution is -2.15. The Kier molecular flexibility index (Phi) is 10.2. The molecule has 0 N–H and O–H groups in total. The Hall–Kier alpha value is -2.23. The van der Waals surface area contributed by atoms with Gasteiger partial charge in [0.05, 0.1) is 6.61 Å². The minimum absolute atomic E-state index is 0.188. The molecule has 0 radical (unpaired) electrons. The van der Waals surface area contributed by atoms with Crippen LogP contribution in [-0.4, -0.2) is 6.61 Å². The van der Waals surface area contributed by atoms with Crippen molar-refractivity contribution in [2.45, 2.75) is 103 Å². The number of unbranched alkanes of at least 4 members (excludes halogenated alkanes) is 2. The molecule has 37 heavy (non-hydrogen) atoms. The van der Waals surface area contributed by atoms with E-state index in [4.69, 9.17) is 4.74 Å². The molecule has 2 aliphatic rings. The van der Waals surface area contributed by atoms with Crippen LogP contribution in [0, 0.1) is 29.3 Å². The second kappa shape index (κ2) is 13.5. The first-order valence-corrected chi connectivity index (χ1v) is 14.6. The van der Waals surface area contributed by atoms with Gasteiger partial charge >= 0.3 is 0 Å². The van der Waals surface area contributed by atoms with E-state index in [1.54, 1.807) is 12.1 Å². The number of ether oxygens (including phenoxy) is 1. The minimum Gasteiger partial charge on any atom is -0.494 e. The van der Waals surface area contributed by atoms with Gasteiger partial charge in [0.25, 0.3) is 0 Å². The number of benzene rings is 2. The van der Waals surface area contributed by atoms with Gasteiger partial charge in [0.2, 0.25) is 0 Å². The van der Waals surface area contributed by atoms with Crippen molar-refractivity contribution in [2.75, 3.05) is 6.61 Å². The summed E-state index contributed by atoms with van der Waals surface area (Å²) in [5.41, 5.74) is 2.67. The summed E-state index contributed by atoms with van der Waals surface area (Å²) in [6.07, 6.45) is 15.3. The van der Waals surface area contributed by atoms with E-state index in [1.165, 1.54) is 31.7 Å². The molecule has 1 nitrogen and oxygen atoms in total. The van der Waals surface area contributed by atoms with E-state index in [2.05, 4.69) is 13.0 Å². The van der Waals surface area contributed by atoms with Crippen molar-refractivity contribution in [3.05, 3.63) is 70.5 Å². The maximum atomic E-state index is 15.1. The van der Waals surface area contributed by atoms with Gasteiger partial charge in [-0.1, -0.05) is 56.9 Å². The first-order valence-electron chi connectivity index (χ1n) is 14.6. The zero-order chi connectivity index (χ0) is 26.2. The van der Waals surface area contributed by atoms with Gasteiger partial charge in [-0.15, -0.1) is 0 Å². The first kappa shape index (κ1) is 27.8. The number of halogens is 3. The normalized spacial score (nSPS) is 22.1. The molecule has 202 valence electrons. The molecule has 1 atom stereocenters. The van der Waals surface area contributed by atoms with Crippen LogP contribution < -0.4 is 4.74 Å². The maximum absolute atomic E-state index is 15.1. The molecular weight excluding hydrogens is 469 g/mol. The molecule has 0 heterocycles. The number of rotatable bonds is 11. The third kappa shape index (κ3) is 7.21. The van der Waals surface area contributed by atoms with Crippen molar-refractivity contribution in [3.63, 3.8) is 0 Å². The second-order valence-corrected chi connectivity index (χ2v) is 11.1. The smallest absolute Gasteiger partial charge is 0.166 e. The predicted octanol–water partition coefficient (Wildman–Crippen LogP) is 10.2. The molecule has 4 heteroatoms. The zero-order valence-electron chi connectivity index (χ0n) is 22.6. The molecule has 0 saturated heterocycles. The molecule has 2 aromatic carbocycles. The topological polar surface area (TPSA) is 9.23 Å².